The lowest BCUT2D eigenvalue weighted by Crippen LogP contribution is -1.97. The second kappa shape index (κ2) is 4.01. The molecule has 4 nitrogen and oxygen atoms in total. The minimum Gasteiger partial charge on any atom is -0.333 e. The number of aromatic nitrogens is 4. The first-order valence-electron chi connectivity index (χ1n) is 5.08. The Morgan fingerprint density at radius 1 is 0.842 bits per heavy atom. The first-order valence-corrected chi connectivity index (χ1v) is 5.08. The van der Waals surface area contributed by atoms with Crippen LogP contribution in [0, 0.1) is 23.3 Å². The predicted octanol–water partition coefficient (Wildman–Crippen LogP) is 2.58. The zero-order valence-electron chi connectivity index (χ0n) is 9.09. The highest BCUT2D eigenvalue weighted by molar-refractivity contribution is 5.79. The van der Waals surface area contributed by atoms with E-state index < -0.39 is 34.3 Å². The molecule has 3 rings (SSSR count). The van der Waals surface area contributed by atoms with Crippen molar-refractivity contribution in [1.29, 1.82) is 0 Å². The first-order chi connectivity index (χ1) is 9.09. The van der Waals surface area contributed by atoms with Crippen molar-refractivity contribution >= 4 is 11.0 Å². The Kier molecular flexibility index (Phi) is 2.44. The van der Waals surface area contributed by atoms with E-state index in [0.29, 0.717) is 0 Å². The average molecular weight is 268 g/mol. The third kappa shape index (κ3) is 1.64. The van der Waals surface area contributed by atoms with Crippen LogP contribution >= 0.6 is 0 Å². The van der Waals surface area contributed by atoms with E-state index in [1.807, 2.05) is 0 Å². The summed E-state index contributed by atoms with van der Waals surface area (Å²) in [5, 5.41) is 0. The van der Waals surface area contributed by atoms with E-state index in [4.69, 9.17) is 0 Å². The molecule has 2 aromatic heterocycles. The molecule has 96 valence electrons. The summed E-state index contributed by atoms with van der Waals surface area (Å²) >= 11 is 0. The standard InChI is InChI=1S/C11H4F4N4/c12-4-5(13)7(15)9-8(6(4)14)18-11(19-9)10-16-2-1-3-17-10/h1-3H,(H,18,19). The van der Waals surface area contributed by atoms with Gasteiger partial charge in [-0.1, -0.05) is 0 Å². The van der Waals surface area contributed by atoms with Gasteiger partial charge in [-0.3, -0.25) is 0 Å². The lowest BCUT2D eigenvalue weighted by atomic mass is 10.2. The monoisotopic (exact) mass is 268 g/mol. The second-order valence-corrected chi connectivity index (χ2v) is 3.64. The van der Waals surface area contributed by atoms with E-state index in [1.165, 1.54) is 18.5 Å². The number of aromatic amines is 1. The van der Waals surface area contributed by atoms with Crippen LogP contribution in [-0.2, 0) is 0 Å². The highest BCUT2D eigenvalue weighted by Gasteiger charge is 2.24. The molecule has 0 radical (unpaired) electrons. The van der Waals surface area contributed by atoms with Crippen molar-refractivity contribution in [2.75, 3.05) is 0 Å². The highest BCUT2D eigenvalue weighted by atomic mass is 19.2. The van der Waals surface area contributed by atoms with Crippen LogP contribution in [0.4, 0.5) is 17.6 Å². The summed E-state index contributed by atoms with van der Waals surface area (Å²) in [5.74, 6) is -6.93. The zero-order chi connectivity index (χ0) is 13.6. The Labute approximate surface area is 103 Å². The summed E-state index contributed by atoms with van der Waals surface area (Å²) < 4.78 is 53.1. The number of nitrogens with one attached hydrogen (secondary N) is 1. The van der Waals surface area contributed by atoms with Gasteiger partial charge >= 0.3 is 0 Å². The van der Waals surface area contributed by atoms with E-state index in [9.17, 15) is 17.6 Å². The first kappa shape index (κ1) is 11.6. The Hall–Kier alpha value is -2.51. The molecule has 0 saturated carbocycles. The van der Waals surface area contributed by atoms with Gasteiger partial charge in [-0.15, -0.1) is 0 Å². The Morgan fingerprint density at radius 2 is 1.47 bits per heavy atom. The van der Waals surface area contributed by atoms with Gasteiger partial charge in [0.2, 0.25) is 0 Å². The van der Waals surface area contributed by atoms with E-state index in [0.717, 1.165) is 0 Å². The topological polar surface area (TPSA) is 54.5 Å². The summed E-state index contributed by atoms with van der Waals surface area (Å²) in [6.45, 7) is 0. The summed E-state index contributed by atoms with van der Waals surface area (Å²) in [5.41, 5.74) is -1.21. The van der Waals surface area contributed by atoms with Gasteiger partial charge in [-0.05, 0) is 6.07 Å². The van der Waals surface area contributed by atoms with E-state index >= 15 is 0 Å². The maximum Gasteiger partial charge on any atom is 0.199 e. The van der Waals surface area contributed by atoms with E-state index in [1.54, 1.807) is 0 Å². The van der Waals surface area contributed by atoms with Gasteiger partial charge in [0.1, 0.15) is 11.0 Å². The van der Waals surface area contributed by atoms with Gasteiger partial charge in [0.05, 0.1) is 0 Å². The van der Waals surface area contributed by atoms with Gasteiger partial charge in [0.15, 0.2) is 34.9 Å². The number of fused-ring (bicyclic) bond motifs is 1. The van der Waals surface area contributed by atoms with E-state index in [2.05, 4.69) is 19.9 Å². The maximum absolute atomic E-state index is 13.5. The molecule has 2 heterocycles. The normalized spacial score (nSPS) is 11.2. The molecule has 0 aliphatic rings. The molecule has 0 aliphatic carbocycles. The summed E-state index contributed by atoms with van der Waals surface area (Å²) in [6, 6.07) is 1.53. The van der Waals surface area contributed by atoms with Gasteiger partial charge in [0.25, 0.3) is 0 Å². The molecule has 0 amide bonds. The molecule has 1 aromatic carbocycles. The Morgan fingerprint density at radius 3 is 2.16 bits per heavy atom. The zero-order valence-corrected chi connectivity index (χ0v) is 9.09. The molecule has 8 heteroatoms. The fraction of sp³-hybridized carbons (Fsp3) is 0. The number of hydrogen-bond acceptors (Lipinski definition) is 3. The fourth-order valence-electron chi connectivity index (χ4n) is 1.62. The smallest absolute Gasteiger partial charge is 0.199 e. The summed E-state index contributed by atoms with van der Waals surface area (Å²) in [4.78, 5) is 13.6. The lowest BCUT2D eigenvalue weighted by Gasteiger charge is -1.97. The third-order valence-electron chi connectivity index (χ3n) is 2.49. The predicted molar refractivity (Wildman–Crippen MR) is 57.0 cm³/mol. The molecule has 0 atom stereocenters. The van der Waals surface area contributed by atoms with Gasteiger partial charge in [-0.25, -0.2) is 32.5 Å². The molecule has 0 spiro atoms. The van der Waals surface area contributed by atoms with Crippen LogP contribution in [0.5, 0.6) is 0 Å². The van der Waals surface area contributed by atoms with E-state index in [-0.39, 0.29) is 11.6 Å². The van der Waals surface area contributed by atoms with Crippen molar-refractivity contribution in [3.8, 4) is 11.6 Å². The second-order valence-electron chi connectivity index (χ2n) is 3.64. The van der Waals surface area contributed by atoms with Gasteiger partial charge < -0.3 is 4.98 Å². The largest absolute Gasteiger partial charge is 0.333 e. The van der Waals surface area contributed by atoms with Crippen LogP contribution in [0.25, 0.3) is 22.7 Å². The number of nitrogens with zero attached hydrogens (tertiary/aromatic N) is 3. The molecule has 0 saturated heterocycles. The molecule has 1 N–H and O–H groups in total. The van der Waals surface area contributed by atoms with Crippen LogP contribution in [0.15, 0.2) is 18.5 Å². The lowest BCUT2D eigenvalue weighted by molar-refractivity contribution is 0.417. The van der Waals surface area contributed by atoms with Crippen LogP contribution in [0.3, 0.4) is 0 Å². The van der Waals surface area contributed by atoms with Crippen molar-refractivity contribution < 1.29 is 17.6 Å². The Balaban J connectivity index is 2.33. The number of hydrogen-bond donors (Lipinski definition) is 1. The molecule has 0 aliphatic heterocycles. The molecule has 19 heavy (non-hydrogen) atoms. The van der Waals surface area contributed by atoms with Gasteiger partial charge in [0, 0.05) is 12.4 Å². The number of benzene rings is 1. The number of rotatable bonds is 1. The van der Waals surface area contributed by atoms with Crippen LogP contribution in [0.2, 0.25) is 0 Å². The number of imidazole rings is 1. The SMILES string of the molecule is Fc1c(F)c(F)c2[nH]c(-c3ncccn3)nc2c1F. The molecule has 3 aromatic rings. The van der Waals surface area contributed by atoms with Crippen LogP contribution in [-0.4, -0.2) is 19.9 Å². The Bertz CT molecular complexity index is 724. The fourth-order valence-corrected chi connectivity index (χ4v) is 1.62. The minimum atomic E-state index is -1.91. The van der Waals surface area contributed by atoms with Crippen molar-refractivity contribution in [2.45, 2.75) is 0 Å². The summed E-state index contributed by atoms with van der Waals surface area (Å²) in [6.07, 6.45) is 2.78. The molecule has 0 bridgehead atoms. The van der Waals surface area contributed by atoms with Crippen LogP contribution in [0.1, 0.15) is 0 Å². The van der Waals surface area contributed by atoms with Crippen molar-refractivity contribution in [2.24, 2.45) is 0 Å². The van der Waals surface area contributed by atoms with Crippen molar-refractivity contribution in [3.05, 3.63) is 41.7 Å². The quantitative estimate of drug-likeness (QED) is 0.419. The molecule has 0 unspecified atom stereocenters. The van der Waals surface area contributed by atoms with Crippen molar-refractivity contribution in [1.82, 2.24) is 19.9 Å². The van der Waals surface area contributed by atoms with Crippen molar-refractivity contribution in [3.63, 3.8) is 0 Å². The van der Waals surface area contributed by atoms with Gasteiger partial charge in [-0.2, -0.15) is 0 Å². The number of H-pyrrole nitrogens is 1. The van der Waals surface area contributed by atoms with Crippen LogP contribution < -0.4 is 0 Å². The maximum atomic E-state index is 13.5. The number of halogens is 4. The average Bonchev–Trinajstić information content (AvgIpc) is 2.89. The molecular formula is C11H4F4N4. The third-order valence-corrected chi connectivity index (χ3v) is 2.49. The molecule has 0 fully saturated rings. The summed E-state index contributed by atoms with van der Waals surface area (Å²) in [7, 11) is 0. The minimum absolute atomic E-state index is 0.0540. The molecular weight excluding hydrogens is 264 g/mol. The highest BCUT2D eigenvalue weighted by Crippen LogP contribution is 2.26.